The van der Waals surface area contributed by atoms with E-state index in [9.17, 15) is 0 Å². The summed E-state index contributed by atoms with van der Waals surface area (Å²) in [6, 6.07) is 5.38. The van der Waals surface area contributed by atoms with Crippen LogP contribution in [-0.4, -0.2) is 0 Å². The Morgan fingerprint density at radius 2 is 2.00 bits per heavy atom. The summed E-state index contributed by atoms with van der Waals surface area (Å²) < 4.78 is 0. The van der Waals surface area contributed by atoms with Gasteiger partial charge in [0.05, 0.1) is 21.4 Å². The molecule has 0 bridgehead atoms. The zero-order valence-electron chi connectivity index (χ0n) is 7.74. The fraction of sp³-hybridized carbons (Fsp3) is 0. The van der Waals surface area contributed by atoms with E-state index in [2.05, 4.69) is 5.43 Å². The summed E-state index contributed by atoms with van der Waals surface area (Å²) in [5.74, 6) is 0. The Hall–Kier alpha value is -1.32. The number of anilines is 1. The molecule has 1 aromatic rings. The first kappa shape index (κ1) is 10.2. The minimum Gasteiger partial charge on any atom is -0.397 e. The largest absolute Gasteiger partial charge is 0.397 e. The maximum Gasteiger partial charge on any atom is 0.0639 e. The summed E-state index contributed by atoms with van der Waals surface area (Å²) in [4.78, 5) is 0. The first-order valence-electron chi connectivity index (χ1n) is 4.31. The van der Waals surface area contributed by atoms with E-state index >= 15 is 0 Å². The predicted octanol–water partition coefficient (Wildman–Crippen LogP) is 2.63. The van der Waals surface area contributed by atoms with Gasteiger partial charge in [0.25, 0.3) is 0 Å². The van der Waals surface area contributed by atoms with E-state index in [-0.39, 0.29) is 0 Å². The van der Waals surface area contributed by atoms with Gasteiger partial charge in [0.2, 0.25) is 0 Å². The van der Waals surface area contributed by atoms with Crippen molar-refractivity contribution in [3.63, 3.8) is 0 Å². The van der Waals surface area contributed by atoms with Crippen LogP contribution in [0.1, 0.15) is 0 Å². The van der Waals surface area contributed by atoms with Crippen molar-refractivity contribution >= 4 is 28.9 Å². The average Bonchev–Trinajstić information content (AvgIpc) is 2.23. The highest BCUT2D eigenvalue weighted by Crippen LogP contribution is 2.27. The molecular formula is C10H9Cl2N3. The molecule has 0 spiro atoms. The number of allylic oxidation sites excluding steroid dienone is 1. The quantitative estimate of drug-likeness (QED) is 0.795. The second kappa shape index (κ2) is 4.04. The molecule has 0 amide bonds. The van der Waals surface area contributed by atoms with Gasteiger partial charge in [-0.25, -0.2) is 0 Å². The molecule has 0 fully saturated rings. The van der Waals surface area contributed by atoms with E-state index in [0.717, 1.165) is 5.69 Å². The third-order valence-corrected chi connectivity index (χ3v) is 2.71. The van der Waals surface area contributed by atoms with E-state index in [0.29, 0.717) is 15.7 Å². The molecule has 2 rings (SSSR count). The van der Waals surface area contributed by atoms with Crippen molar-refractivity contribution in [2.45, 2.75) is 0 Å². The molecule has 78 valence electrons. The summed E-state index contributed by atoms with van der Waals surface area (Å²) in [5.41, 5.74) is 10.1. The van der Waals surface area contributed by atoms with Crippen molar-refractivity contribution in [1.82, 2.24) is 5.43 Å². The number of halogens is 2. The van der Waals surface area contributed by atoms with Gasteiger partial charge in [-0.3, -0.25) is 10.4 Å². The van der Waals surface area contributed by atoms with Gasteiger partial charge < -0.3 is 5.73 Å². The van der Waals surface area contributed by atoms with Crippen LogP contribution in [0.4, 0.5) is 5.69 Å². The Labute approximate surface area is 97.7 Å². The predicted molar refractivity (Wildman–Crippen MR) is 63.5 cm³/mol. The van der Waals surface area contributed by atoms with E-state index < -0.39 is 0 Å². The molecule has 3 N–H and O–H groups in total. The molecule has 0 radical (unpaired) electrons. The molecule has 0 unspecified atom stereocenters. The lowest BCUT2D eigenvalue weighted by atomic mass is 10.3. The molecule has 0 saturated carbocycles. The third kappa shape index (κ3) is 2.19. The molecule has 1 aliphatic heterocycles. The Kier molecular flexibility index (Phi) is 2.75. The van der Waals surface area contributed by atoms with Gasteiger partial charge in [0.1, 0.15) is 0 Å². The smallest absolute Gasteiger partial charge is 0.0639 e. The third-order valence-electron chi connectivity index (χ3n) is 1.97. The Bertz CT molecular complexity index is 440. The molecule has 1 aromatic carbocycles. The molecule has 0 saturated heterocycles. The summed E-state index contributed by atoms with van der Waals surface area (Å²) in [6.45, 7) is 0. The minimum absolute atomic E-state index is 0.520. The van der Waals surface area contributed by atoms with Crippen LogP contribution in [0.5, 0.6) is 0 Å². The van der Waals surface area contributed by atoms with Crippen LogP contribution in [0.15, 0.2) is 42.4 Å². The topological polar surface area (TPSA) is 41.3 Å². The van der Waals surface area contributed by atoms with Crippen molar-refractivity contribution in [3.8, 4) is 0 Å². The maximum absolute atomic E-state index is 5.91. The van der Waals surface area contributed by atoms with Crippen molar-refractivity contribution < 1.29 is 0 Å². The standard InChI is InChI=1S/C10H9Cl2N3/c11-9-2-1-8(5-10(9)12)15-4-3-7(13)6-14-15/h1-6,14H,13H2. The van der Waals surface area contributed by atoms with E-state index in [1.54, 1.807) is 29.4 Å². The zero-order valence-corrected chi connectivity index (χ0v) is 9.26. The second-order valence-electron chi connectivity index (χ2n) is 3.06. The monoisotopic (exact) mass is 241 g/mol. The fourth-order valence-electron chi connectivity index (χ4n) is 1.19. The van der Waals surface area contributed by atoms with Crippen molar-refractivity contribution in [3.05, 3.63) is 52.4 Å². The Balaban J connectivity index is 2.25. The number of benzene rings is 1. The highest BCUT2D eigenvalue weighted by molar-refractivity contribution is 6.42. The number of hydrogen-bond donors (Lipinski definition) is 2. The maximum atomic E-state index is 5.91. The molecule has 15 heavy (non-hydrogen) atoms. The van der Waals surface area contributed by atoms with Gasteiger partial charge in [-0.05, 0) is 24.3 Å². The first-order valence-corrected chi connectivity index (χ1v) is 5.07. The lowest BCUT2D eigenvalue weighted by Crippen LogP contribution is -2.32. The first-order chi connectivity index (χ1) is 7.16. The molecular weight excluding hydrogens is 233 g/mol. The molecule has 1 heterocycles. The molecule has 1 aliphatic rings. The van der Waals surface area contributed by atoms with E-state index in [1.807, 2.05) is 12.3 Å². The highest BCUT2D eigenvalue weighted by atomic mass is 35.5. The second-order valence-corrected chi connectivity index (χ2v) is 3.87. The number of nitrogens with zero attached hydrogens (tertiary/aromatic N) is 1. The lowest BCUT2D eigenvalue weighted by Gasteiger charge is -2.23. The zero-order chi connectivity index (χ0) is 10.8. The lowest BCUT2D eigenvalue weighted by molar-refractivity contribution is 0.854. The minimum atomic E-state index is 0.520. The van der Waals surface area contributed by atoms with E-state index in [1.165, 1.54) is 0 Å². The van der Waals surface area contributed by atoms with Crippen LogP contribution in [0.25, 0.3) is 0 Å². The SMILES string of the molecule is NC1=CNN(c2ccc(Cl)c(Cl)c2)C=C1. The molecule has 3 nitrogen and oxygen atoms in total. The van der Waals surface area contributed by atoms with Gasteiger partial charge in [-0.2, -0.15) is 0 Å². The van der Waals surface area contributed by atoms with Crippen molar-refractivity contribution in [1.29, 1.82) is 0 Å². The van der Waals surface area contributed by atoms with Gasteiger partial charge in [-0.15, -0.1) is 0 Å². The normalized spacial score (nSPS) is 14.8. The van der Waals surface area contributed by atoms with Crippen LogP contribution in [0, 0.1) is 0 Å². The summed E-state index contributed by atoms with van der Waals surface area (Å²) in [5, 5.41) is 2.85. The van der Waals surface area contributed by atoms with Crippen molar-refractivity contribution in [2.24, 2.45) is 5.73 Å². The number of rotatable bonds is 1. The Morgan fingerprint density at radius 1 is 1.20 bits per heavy atom. The average molecular weight is 242 g/mol. The summed E-state index contributed by atoms with van der Waals surface area (Å²) in [6.07, 6.45) is 5.30. The number of nitrogens with two attached hydrogens (primary N) is 1. The molecule has 0 aliphatic carbocycles. The number of hydrazine groups is 1. The van der Waals surface area contributed by atoms with Crippen molar-refractivity contribution in [2.75, 3.05) is 5.01 Å². The number of nitrogens with one attached hydrogen (secondary N) is 1. The number of hydrogen-bond acceptors (Lipinski definition) is 3. The summed E-state index contributed by atoms with van der Waals surface area (Å²) >= 11 is 11.7. The van der Waals surface area contributed by atoms with Crippen LogP contribution in [0.3, 0.4) is 0 Å². The van der Waals surface area contributed by atoms with Gasteiger partial charge in [-0.1, -0.05) is 23.2 Å². The van der Waals surface area contributed by atoms with Crippen LogP contribution >= 0.6 is 23.2 Å². The summed E-state index contributed by atoms with van der Waals surface area (Å²) in [7, 11) is 0. The van der Waals surface area contributed by atoms with Gasteiger partial charge in [0, 0.05) is 12.4 Å². The highest BCUT2D eigenvalue weighted by Gasteiger charge is 2.06. The molecule has 0 aromatic heterocycles. The van der Waals surface area contributed by atoms with E-state index in [4.69, 9.17) is 28.9 Å². The van der Waals surface area contributed by atoms with Gasteiger partial charge >= 0.3 is 0 Å². The Morgan fingerprint density at radius 3 is 2.60 bits per heavy atom. The fourth-order valence-corrected chi connectivity index (χ4v) is 1.48. The van der Waals surface area contributed by atoms with Crippen LogP contribution < -0.4 is 16.2 Å². The van der Waals surface area contributed by atoms with Crippen LogP contribution in [-0.2, 0) is 0 Å². The van der Waals surface area contributed by atoms with Crippen LogP contribution in [0.2, 0.25) is 10.0 Å². The van der Waals surface area contributed by atoms with Gasteiger partial charge in [0.15, 0.2) is 0 Å². The molecule has 0 atom stereocenters. The molecule has 5 heteroatoms.